The zero-order chi connectivity index (χ0) is 8.15. The van der Waals surface area contributed by atoms with Gasteiger partial charge in [-0.1, -0.05) is 13.8 Å². The number of aldehydes is 1. The van der Waals surface area contributed by atoms with Crippen molar-refractivity contribution in [3.05, 3.63) is 0 Å². The summed E-state index contributed by atoms with van der Waals surface area (Å²) in [4.78, 5) is 30.7. The van der Waals surface area contributed by atoms with Gasteiger partial charge in [0.1, 0.15) is 0 Å². The average molecular weight is 142 g/mol. The van der Waals surface area contributed by atoms with Crippen molar-refractivity contribution in [3.8, 4) is 0 Å². The summed E-state index contributed by atoms with van der Waals surface area (Å²) < 4.78 is 0. The van der Waals surface area contributed by atoms with Gasteiger partial charge in [0.2, 0.25) is 5.78 Å². The molecule has 3 nitrogen and oxygen atoms in total. The van der Waals surface area contributed by atoms with Crippen molar-refractivity contribution in [3.63, 3.8) is 0 Å². The molecule has 0 saturated heterocycles. The minimum Gasteiger partial charge on any atom is -0.294 e. The van der Waals surface area contributed by atoms with Crippen LogP contribution in [0.4, 0.5) is 0 Å². The summed E-state index contributed by atoms with van der Waals surface area (Å²) in [5.74, 6) is -1.38. The van der Waals surface area contributed by atoms with Crippen molar-refractivity contribution < 1.29 is 14.4 Å². The zero-order valence-corrected chi connectivity index (χ0v) is 6.09. The highest BCUT2D eigenvalue weighted by atomic mass is 16.2. The molecule has 0 aliphatic carbocycles. The Morgan fingerprint density at radius 2 is 1.90 bits per heavy atom. The Morgan fingerprint density at radius 1 is 1.40 bits per heavy atom. The second-order valence-corrected chi connectivity index (χ2v) is 2.50. The molecule has 0 unspecified atom stereocenters. The van der Waals surface area contributed by atoms with Gasteiger partial charge in [-0.3, -0.25) is 14.4 Å². The summed E-state index contributed by atoms with van der Waals surface area (Å²) in [5, 5.41) is 0. The van der Waals surface area contributed by atoms with Gasteiger partial charge in [0.25, 0.3) is 5.78 Å². The number of ketones is 2. The Hall–Kier alpha value is -0.990. The summed E-state index contributed by atoms with van der Waals surface area (Å²) in [6.07, 6.45) is 0.224. The molecule has 3 heteroatoms. The Kier molecular flexibility index (Phi) is 3.54. The van der Waals surface area contributed by atoms with Crippen LogP contribution >= 0.6 is 0 Å². The standard InChI is InChI=1S/C7H10O3/c1-5(2)3-6(9)7(10)4-8/h4-5H,3H2,1-2H3. The summed E-state index contributed by atoms with van der Waals surface area (Å²) in [7, 11) is 0. The molecule has 0 aromatic rings. The Labute approximate surface area is 59.4 Å². The van der Waals surface area contributed by atoms with Crippen molar-refractivity contribution >= 4 is 17.9 Å². The van der Waals surface area contributed by atoms with E-state index < -0.39 is 11.6 Å². The maximum absolute atomic E-state index is 10.6. The van der Waals surface area contributed by atoms with Gasteiger partial charge in [0.15, 0.2) is 6.29 Å². The van der Waals surface area contributed by atoms with Crippen LogP contribution in [-0.4, -0.2) is 17.9 Å². The minimum absolute atomic E-state index is 0.0602. The van der Waals surface area contributed by atoms with Crippen LogP contribution in [0, 0.1) is 5.92 Å². The van der Waals surface area contributed by atoms with Gasteiger partial charge in [0, 0.05) is 6.42 Å². The second-order valence-electron chi connectivity index (χ2n) is 2.50. The predicted molar refractivity (Wildman–Crippen MR) is 35.5 cm³/mol. The van der Waals surface area contributed by atoms with E-state index in [0.717, 1.165) is 0 Å². The molecular formula is C7H10O3. The van der Waals surface area contributed by atoms with Crippen molar-refractivity contribution in [2.24, 2.45) is 5.92 Å². The normalized spacial score (nSPS) is 9.50. The molecule has 0 amide bonds. The molecule has 0 heterocycles. The van der Waals surface area contributed by atoms with E-state index in [1.165, 1.54) is 0 Å². The summed E-state index contributed by atoms with van der Waals surface area (Å²) in [6.45, 7) is 3.63. The highest BCUT2D eigenvalue weighted by Crippen LogP contribution is 1.99. The topological polar surface area (TPSA) is 51.2 Å². The molecule has 0 aliphatic rings. The third-order valence-corrected chi connectivity index (χ3v) is 0.976. The number of carbonyl (C=O) groups is 3. The SMILES string of the molecule is CC(C)CC(=O)C(=O)C=O. The van der Waals surface area contributed by atoms with Crippen LogP contribution in [0.3, 0.4) is 0 Å². The monoisotopic (exact) mass is 142 g/mol. The van der Waals surface area contributed by atoms with E-state index in [1.807, 2.05) is 13.8 Å². The van der Waals surface area contributed by atoms with Gasteiger partial charge in [-0.25, -0.2) is 0 Å². The molecule has 56 valence electrons. The fourth-order valence-corrected chi connectivity index (χ4v) is 0.537. The van der Waals surface area contributed by atoms with Crippen LogP contribution in [0.1, 0.15) is 20.3 Å². The van der Waals surface area contributed by atoms with Crippen LogP contribution in [0.2, 0.25) is 0 Å². The highest BCUT2D eigenvalue weighted by Gasteiger charge is 2.12. The molecule has 0 N–H and O–H groups in total. The van der Waals surface area contributed by atoms with Crippen LogP contribution in [0.25, 0.3) is 0 Å². The van der Waals surface area contributed by atoms with E-state index >= 15 is 0 Å². The highest BCUT2D eigenvalue weighted by molar-refractivity contribution is 6.57. The number of carbonyl (C=O) groups excluding carboxylic acids is 3. The number of Topliss-reactive ketones (excluding diaryl/α,β-unsaturated/α-hetero) is 2. The Balaban J connectivity index is 3.85. The molecule has 10 heavy (non-hydrogen) atoms. The van der Waals surface area contributed by atoms with E-state index in [9.17, 15) is 14.4 Å². The van der Waals surface area contributed by atoms with E-state index in [0.29, 0.717) is 0 Å². The molecule has 0 rings (SSSR count). The summed E-state index contributed by atoms with van der Waals surface area (Å²) >= 11 is 0. The van der Waals surface area contributed by atoms with E-state index in [1.54, 1.807) is 0 Å². The first-order chi connectivity index (χ1) is 4.57. The third-order valence-electron chi connectivity index (χ3n) is 0.976. The van der Waals surface area contributed by atoms with Gasteiger partial charge in [-0.15, -0.1) is 0 Å². The van der Waals surface area contributed by atoms with Crippen molar-refractivity contribution in [2.45, 2.75) is 20.3 Å². The fraction of sp³-hybridized carbons (Fsp3) is 0.571. The molecule has 0 bridgehead atoms. The molecular weight excluding hydrogens is 132 g/mol. The van der Waals surface area contributed by atoms with Gasteiger partial charge < -0.3 is 0 Å². The van der Waals surface area contributed by atoms with Crippen LogP contribution in [0.15, 0.2) is 0 Å². The number of rotatable bonds is 4. The Bertz CT molecular complexity index is 158. The van der Waals surface area contributed by atoms with Gasteiger partial charge in [-0.2, -0.15) is 0 Å². The summed E-state index contributed by atoms with van der Waals surface area (Å²) in [6, 6.07) is 0. The van der Waals surface area contributed by atoms with Gasteiger partial charge >= 0.3 is 0 Å². The quantitative estimate of drug-likeness (QED) is 0.323. The first-order valence-electron chi connectivity index (χ1n) is 3.10. The molecule has 0 aromatic heterocycles. The molecule has 0 aromatic carbocycles. The zero-order valence-electron chi connectivity index (χ0n) is 6.09. The minimum atomic E-state index is -0.922. The van der Waals surface area contributed by atoms with Crippen LogP contribution < -0.4 is 0 Å². The van der Waals surface area contributed by atoms with Crippen LogP contribution in [-0.2, 0) is 14.4 Å². The predicted octanol–water partition coefficient (Wildman–Crippen LogP) is 0.370. The lowest BCUT2D eigenvalue weighted by Crippen LogP contribution is -2.16. The molecule has 0 atom stereocenters. The lowest BCUT2D eigenvalue weighted by Gasteiger charge is -1.97. The number of hydrogen-bond donors (Lipinski definition) is 0. The maximum Gasteiger partial charge on any atom is 0.260 e. The average Bonchev–Trinajstić information content (AvgIpc) is 1.85. The molecule has 0 saturated carbocycles. The van der Waals surface area contributed by atoms with Crippen molar-refractivity contribution in [1.82, 2.24) is 0 Å². The lowest BCUT2D eigenvalue weighted by atomic mass is 10.1. The van der Waals surface area contributed by atoms with Gasteiger partial charge in [-0.05, 0) is 5.92 Å². The third kappa shape index (κ3) is 3.12. The van der Waals surface area contributed by atoms with Crippen molar-refractivity contribution in [1.29, 1.82) is 0 Å². The van der Waals surface area contributed by atoms with E-state index in [-0.39, 0.29) is 18.6 Å². The van der Waals surface area contributed by atoms with Crippen molar-refractivity contribution in [2.75, 3.05) is 0 Å². The Morgan fingerprint density at radius 3 is 2.20 bits per heavy atom. The first-order valence-corrected chi connectivity index (χ1v) is 3.10. The largest absolute Gasteiger partial charge is 0.294 e. The smallest absolute Gasteiger partial charge is 0.260 e. The first kappa shape index (κ1) is 9.01. The number of hydrogen-bond acceptors (Lipinski definition) is 3. The lowest BCUT2D eigenvalue weighted by molar-refractivity contribution is -0.140. The fourth-order valence-electron chi connectivity index (χ4n) is 0.537. The molecule has 0 spiro atoms. The molecule has 0 aliphatic heterocycles. The molecule has 0 radical (unpaired) electrons. The summed E-state index contributed by atoms with van der Waals surface area (Å²) in [5.41, 5.74) is 0. The van der Waals surface area contributed by atoms with Gasteiger partial charge in [0.05, 0.1) is 0 Å². The maximum atomic E-state index is 10.6. The van der Waals surface area contributed by atoms with Crippen LogP contribution in [0.5, 0.6) is 0 Å². The van der Waals surface area contributed by atoms with E-state index in [2.05, 4.69) is 0 Å². The second kappa shape index (κ2) is 3.93. The van der Waals surface area contributed by atoms with E-state index in [4.69, 9.17) is 0 Å². The molecule has 0 fully saturated rings.